The van der Waals surface area contributed by atoms with Crippen LogP contribution in [0.3, 0.4) is 0 Å². The Balaban J connectivity index is 2.30. The number of hydrogen-bond donors (Lipinski definition) is 1. The highest BCUT2D eigenvalue weighted by atomic mass is 16.5. The molecule has 1 aromatic carbocycles. The predicted octanol–water partition coefficient (Wildman–Crippen LogP) is 1.88. The molecule has 3 heteroatoms. The van der Waals surface area contributed by atoms with E-state index in [-0.39, 0.29) is 0 Å². The summed E-state index contributed by atoms with van der Waals surface area (Å²) in [6.07, 6.45) is 1.16. The Kier molecular flexibility index (Phi) is 2.48. The van der Waals surface area contributed by atoms with Crippen molar-refractivity contribution in [1.29, 1.82) is 0 Å². The van der Waals surface area contributed by atoms with Crippen LogP contribution in [0.5, 0.6) is 5.75 Å². The topological polar surface area (TPSA) is 38.5 Å². The van der Waals surface area contributed by atoms with Crippen LogP contribution in [0, 0.1) is 0 Å². The molecule has 3 nitrogen and oxygen atoms in total. The molecular formula is C11H16N2O. The molecule has 0 bridgehead atoms. The molecule has 0 amide bonds. The third-order valence-corrected chi connectivity index (χ3v) is 2.44. The van der Waals surface area contributed by atoms with Crippen LogP contribution in [0.2, 0.25) is 0 Å². The number of nitrogens with zero attached hydrogens (tertiary/aromatic N) is 1. The Morgan fingerprint density at radius 1 is 1.50 bits per heavy atom. The summed E-state index contributed by atoms with van der Waals surface area (Å²) in [7, 11) is 0. The van der Waals surface area contributed by atoms with E-state index in [1.165, 1.54) is 5.69 Å². The van der Waals surface area contributed by atoms with Crippen molar-refractivity contribution in [2.75, 3.05) is 30.3 Å². The van der Waals surface area contributed by atoms with Gasteiger partial charge in [-0.15, -0.1) is 0 Å². The molecule has 0 aliphatic carbocycles. The quantitative estimate of drug-likeness (QED) is 0.727. The number of hydrogen-bond acceptors (Lipinski definition) is 3. The highest BCUT2D eigenvalue weighted by molar-refractivity contribution is 5.64. The van der Waals surface area contributed by atoms with E-state index in [1.807, 2.05) is 18.2 Å². The van der Waals surface area contributed by atoms with Crippen LogP contribution in [-0.4, -0.2) is 19.7 Å². The average Bonchev–Trinajstić information content (AvgIpc) is 2.18. The van der Waals surface area contributed by atoms with Crippen LogP contribution in [-0.2, 0) is 0 Å². The maximum absolute atomic E-state index is 5.70. The van der Waals surface area contributed by atoms with Crippen molar-refractivity contribution in [1.82, 2.24) is 0 Å². The van der Waals surface area contributed by atoms with Crippen molar-refractivity contribution >= 4 is 11.4 Å². The minimum absolute atomic E-state index is 0.760. The fraction of sp³-hybridized carbons (Fsp3) is 0.455. The minimum Gasteiger partial charge on any atom is -0.489 e. The third-order valence-electron chi connectivity index (χ3n) is 2.44. The molecule has 0 unspecified atom stereocenters. The Morgan fingerprint density at radius 3 is 3.14 bits per heavy atom. The molecular weight excluding hydrogens is 176 g/mol. The Hall–Kier alpha value is -1.38. The molecule has 2 N–H and O–H groups in total. The van der Waals surface area contributed by atoms with Crippen molar-refractivity contribution in [2.45, 2.75) is 13.3 Å². The summed E-state index contributed by atoms with van der Waals surface area (Å²) in [5.41, 5.74) is 7.64. The van der Waals surface area contributed by atoms with Crippen molar-refractivity contribution in [3.05, 3.63) is 18.2 Å². The summed E-state index contributed by atoms with van der Waals surface area (Å²) in [4.78, 5) is 2.35. The Labute approximate surface area is 84.5 Å². The zero-order valence-electron chi connectivity index (χ0n) is 8.49. The van der Waals surface area contributed by atoms with Crippen LogP contribution in [0.15, 0.2) is 18.2 Å². The van der Waals surface area contributed by atoms with Crippen LogP contribution in [0.1, 0.15) is 13.3 Å². The van der Waals surface area contributed by atoms with Crippen LogP contribution in [0.4, 0.5) is 11.4 Å². The Bertz CT molecular complexity index is 325. The van der Waals surface area contributed by atoms with Gasteiger partial charge in [-0.2, -0.15) is 0 Å². The normalized spacial score (nSPS) is 14.8. The number of benzene rings is 1. The monoisotopic (exact) mass is 192 g/mol. The summed E-state index contributed by atoms with van der Waals surface area (Å²) in [6, 6.07) is 5.87. The molecule has 0 fully saturated rings. The van der Waals surface area contributed by atoms with Gasteiger partial charge in [-0.05, 0) is 18.6 Å². The van der Waals surface area contributed by atoms with E-state index in [4.69, 9.17) is 10.5 Å². The molecule has 1 aliphatic heterocycles. The molecule has 1 heterocycles. The van der Waals surface area contributed by atoms with Crippen molar-refractivity contribution in [2.24, 2.45) is 0 Å². The number of fused-ring (bicyclic) bond motifs is 1. The number of anilines is 2. The number of nitrogens with two attached hydrogens (primary N) is 1. The average molecular weight is 192 g/mol. The van der Waals surface area contributed by atoms with Gasteiger partial charge in [0.25, 0.3) is 0 Å². The van der Waals surface area contributed by atoms with Gasteiger partial charge in [0.2, 0.25) is 0 Å². The first-order chi connectivity index (χ1) is 6.81. The smallest absolute Gasteiger partial charge is 0.144 e. The van der Waals surface area contributed by atoms with Gasteiger partial charge in [0, 0.05) is 18.3 Å². The fourth-order valence-electron chi connectivity index (χ4n) is 1.80. The van der Waals surface area contributed by atoms with Crippen LogP contribution < -0.4 is 15.4 Å². The van der Waals surface area contributed by atoms with Gasteiger partial charge in [-0.1, -0.05) is 6.92 Å². The number of rotatable bonds is 2. The van der Waals surface area contributed by atoms with Crippen LogP contribution in [0.25, 0.3) is 0 Å². The van der Waals surface area contributed by atoms with E-state index in [1.54, 1.807) is 0 Å². The van der Waals surface area contributed by atoms with Gasteiger partial charge in [0.05, 0.1) is 12.2 Å². The molecule has 1 aliphatic rings. The third kappa shape index (κ3) is 1.62. The molecule has 0 spiro atoms. The van der Waals surface area contributed by atoms with Gasteiger partial charge in [-0.3, -0.25) is 0 Å². The lowest BCUT2D eigenvalue weighted by atomic mass is 10.2. The summed E-state index contributed by atoms with van der Waals surface area (Å²) < 4.78 is 5.56. The molecule has 0 radical (unpaired) electrons. The molecule has 0 aromatic heterocycles. The van der Waals surface area contributed by atoms with Crippen molar-refractivity contribution in [3.8, 4) is 5.75 Å². The maximum atomic E-state index is 5.70. The molecule has 0 atom stereocenters. The summed E-state index contributed by atoms with van der Waals surface area (Å²) in [6.45, 7) is 5.01. The molecule has 14 heavy (non-hydrogen) atoms. The molecule has 0 saturated heterocycles. The number of ether oxygens (including phenoxy) is 1. The second-order valence-corrected chi connectivity index (χ2v) is 3.56. The van der Waals surface area contributed by atoms with E-state index >= 15 is 0 Å². The fourth-order valence-corrected chi connectivity index (χ4v) is 1.80. The zero-order chi connectivity index (χ0) is 9.97. The Morgan fingerprint density at radius 2 is 2.36 bits per heavy atom. The van der Waals surface area contributed by atoms with Crippen molar-refractivity contribution in [3.63, 3.8) is 0 Å². The van der Waals surface area contributed by atoms with E-state index in [9.17, 15) is 0 Å². The van der Waals surface area contributed by atoms with E-state index in [0.29, 0.717) is 0 Å². The van der Waals surface area contributed by atoms with Gasteiger partial charge in [0.15, 0.2) is 0 Å². The van der Waals surface area contributed by atoms with E-state index in [2.05, 4.69) is 11.8 Å². The predicted molar refractivity (Wildman–Crippen MR) is 58.9 cm³/mol. The second kappa shape index (κ2) is 3.78. The van der Waals surface area contributed by atoms with Gasteiger partial charge < -0.3 is 15.4 Å². The standard InChI is InChI=1S/C11H16N2O/c1-2-5-13-6-7-14-11-8-9(12)3-4-10(11)13/h3-4,8H,2,5-7,12H2,1H3. The first kappa shape index (κ1) is 9.19. The molecule has 1 aromatic rings. The SMILES string of the molecule is CCCN1CCOc2cc(N)ccc21. The van der Waals surface area contributed by atoms with Gasteiger partial charge in [-0.25, -0.2) is 0 Å². The minimum atomic E-state index is 0.760. The highest BCUT2D eigenvalue weighted by Crippen LogP contribution is 2.33. The lowest BCUT2D eigenvalue weighted by molar-refractivity contribution is 0.307. The second-order valence-electron chi connectivity index (χ2n) is 3.56. The van der Waals surface area contributed by atoms with Gasteiger partial charge >= 0.3 is 0 Å². The lowest BCUT2D eigenvalue weighted by Gasteiger charge is -2.31. The molecule has 2 rings (SSSR count). The summed E-state index contributed by atoms with van der Waals surface area (Å²) >= 11 is 0. The van der Waals surface area contributed by atoms with E-state index in [0.717, 1.165) is 37.6 Å². The first-order valence-corrected chi connectivity index (χ1v) is 5.08. The zero-order valence-corrected chi connectivity index (χ0v) is 8.49. The summed E-state index contributed by atoms with van der Waals surface area (Å²) in [5.74, 6) is 0.921. The highest BCUT2D eigenvalue weighted by Gasteiger charge is 2.16. The largest absolute Gasteiger partial charge is 0.489 e. The van der Waals surface area contributed by atoms with E-state index < -0.39 is 0 Å². The molecule has 76 valence electrons. The van der Waals surface area contributed by atoms with Gasteiger partial charge in [0.1, 0.15) is 12.4 Å². The lowest BCUT2D eigenvalue weighted by Crippen LogP contribution is -2.33. The van der Waals surface area contributed by atoms with Crippen molar-refractivity contribution < 1.29 is 4.74 Å². The summed E-state index contributed by atoms with van der Waals surface area (Å²) in [5, 5.41) is 0. The maximum Gasteiger partial charge on any atom is 0.144 e. The molecule has 0 saturated carbocycles. The first-order valence-electron chi connectivity index (χ1n) is 5.08. The number of nitrogen functional groups attached to an aromatic ring is 1. The van der Waals surface area contributed by atoms with Crippen LogP contribution >= 0.6 is 0 Å².